The molecule has 2 heterocycles. The van der Waals surface area contributed by atoms with Gasteiger partial charge in [-0.3, -0.25) is 9.36 Å². The summed E-state index contributed by atoms with van der Waals surface area (Å²) in [6.07, 6.45) is 3.54. The SMILES string of the molecule is CC(C)N(C(C)C)P(OCCC#N)OCC1CCC[C@H](n2ccc(NC(=O)c3ccccc3)nc2=O)O1. The van der Waals surface area contributed by atoms with Crippen LogP contribution in [-0.2, 0) is 13.8 Å². The molecular formula is C26H36N5O5P. The minimum atomic E-state index is -1.37. The Morgan fingerprint density at radius 3 is 2.59 bits per heavy atom. The first-order valence-electron chi connectivity index (χ1n) is 12.6. The molecule has 0 spiro atoms. The Bertz CT molecular complexity index is 1100. The van der Waals surface area contributed by atoms with Gasteiger partial charge < -0.3 is 19.1 Å². The van der Waals surface area contributed by atoms with Crippen LogP contribution in [0.3, 0.4) is 0 Å². The number of carbonyl (C=O) groups excluding carboxylic acids is 1. The van der Waals surface area contributed by atoms with Crippen molar-refractivity contribution in [3.05, 3.63) is 58.6 Å². The van der Waals surface area contributed by atoms with E-state index >= 15 is 0 Å². The quantitative estimate of drug-likeness (QED) is 0.306. The molecule has 3 atom stereocenters. The lowest BCUT2D eigenvalue weighted by Gasteiger charge is -2.37. The van der Waals surface area contributed by atoms with Crippen LogP contribution in [0.1, 0.15) is 70.0 Å². The van der Waals surface area contributed by atoms with Gasteiger partial charge in [-0.2, -0.15) is 10.2 Å². The van der Waals surface area contributed by atoms with E-state index in [0.29, 0.717) is 31.6 Å². The molecule has 1 saturated heterocycles. The first-order chi connectivity index (χ1) is 17.8. The molecule has 1 fully saturated rings. The third-order valence-corrected chi connectivity index (χ3v) is 7.85. The third kappa shape index (κ3) is 8.42. The molecule has 1 N–H and O–H groups in total. The van der Waals surface area contributed by atoms with Crippen LogP contribution in [0.4, 0.5) is 5.82 Å². The lowest BCUT2D eigenvalue weighted by molar-refractivity contribution is -0.106. The molecule has 0 bridgehead atoms. The fourth-order valence-electron chi connectivity index (χ4n) is 4.15. The second-order valence-corrected chi connectivity index (χ2v) is 10.8. The number of rotatable bonds is 12. The van der Waals surface area contributed by atoms with Crippen molar-refractivity contribution < 1.29 is 18.6 Å². The highest BCUT2D eigenvalue weighted by atomic mass is 31.2. The minimum absolute atomic E-state index is 0.188. The molecule has 11 heteroatoms. The number of hydrogen-bond acceptors (Lipinski definition) is 8. The van der Waals surface area contributed by atoms with Crippen LogP contribution in [0.15, 0.2) is 47.4 Å². The van der Waals surface area contributed by atoms with Gasteiger partial charge in [0.1, 0.15) is 12.0 Å². The van der Waals surface area contributed by atoms with Gasteiger partial charge in [-0.15, -0.1) is 0 Å². The largest absolute Gasteiger partial charge is 0.352 e. The Kier molecular flexibility index (Phi) is 11.2. The first-order valence-corrected chi connectivity index (χ1v) is 13.8. The molecule has 0 radical (unpaired) electrons. The molecule has 37 heavy (non-hydrogen) atoms. The zero-order valence-electron chi connectivity index (χ0n) is 21.9. The molecule has 1 aromatic carbocycles. The number of hydrogen-bond donors (Lipinski definition) is 1. The molecule has 1 aromatic heterocycles. The van der Waals surface area contributed by atoms with Crippen molar-refractivity contribution in [1.82, 2.24) is 14.2 Å². The fourth-order valence-corrected chi connectivity index (χ4v) is 5.78. The van der Waals surface area contributed by atoms with Gasteiger partial charge in [0, 0.05) is 23.8 Å². The van der Waals surface area contributed by atoms with Crippen LogP contribution < -0.4 is 11.0 Å². The predicted octanol–water partition coefficient (Wildman–Crippen LogP) is 4.86. The number of amides is 1. The Hall–Kier alpha value is -2.67. The summed E-state index contributed by atoms with van der Waals surface area (Å²) in [7, 11) is -1.37. The Morgan fingerprint density at radius 1 is 1.22 bits per heavy atom. The maximum atomic E-state index is 12.8. The highest BCUT2D eigenvalue weighted by Crippen LogP contribution is 2.46. The van der Waals surface area contributed by atoms with Crippen molar-refractivity contribution >= 4 is 20.3 Å². The number of nitrogens with zero attached hydrogens (tertiary/aromatic N) is 4. The van der Waals surface area contributed by atoms with Crippen molar-refractivity contribution in [3.8, 4) is 6.07 Å². The smallest absolute Gasteiger partial charge is 0.351 e. The average Bonchev–Trinajstić information content (AvgIpc) is 2.87. The number of nitriles is 1. The molecule has 0 aliphatic carbocycles. The molecule has 10 nitrogen and oxygen atoms in total. The highest BCUT2D eigenvalue weighted by Gasteiger charge is 2.30. The summed E-state index contributed by atoms with van der Waals surface area (Å²) in [5, 5.41) is 11.6. The van der Waals surface area contributed by atoms with Gasteiger partial charge in [0.25, 0.3) is 14.4 Å². The van der Waals surface area contributed by atoms with Gasteiger partial charge in [0.2, 0.25) is 0 Å². The molecule has 2 unspecified atom stereocenters. The minimum Gasteiger partial charge on any atom is -0.352 e. The maximum Gasteiger partial charge on any atom is 0.351 e. The van der Waals surface area contributed by atoms with Gasteiger partial charge >= 0.3 is 5.69 Å². The summed E-state index contributed by atoms with van der Waals surface area (Å²) in [6.45, 7) is 8.98. The normalized spacial score (nSPS) is 18.6. The van der Waals surface area contributed by atoms with Crippen molar-refractivity contribution in [2.24, 2.45) is 0 Å². The summed E-state index contributed by atoms with van der Waals surface area (Å²) >= 11 is 0. The average molecular weight is 530 g/mol. The second-order valence-electron chi connectivity index (χ2n) is 9.31. The molecule has 1 aliphatic heterocycles. The van der Waals surface area contributed by atoms with E-state index in [1.807, 2.05) is 6.07 Å². The van der Waals surface area contributed by atoms with Crippen molar-refractivity contribution in [2.75, 3.05) is 18.5 Å². The molecule has 2 aromatic rings. The zero-order chi connectivity index (χ0) is 26.8. The number of nitrogens with one attached hydrogen (secondary N) is 1. The fraction of sp³-hybridized carbons (Fsp3) is 0.538. The molecule has 1 aliphatic rings. The van der Waals surface area contributed by atoms with Crippen LogP contribution in [0, 0.1) is 11.3 Å². The topological polar surface area (TPSA) is 119 Å². The van der Waals surface area contributed by atoms with Crippen LogP contribution in [0.25, 0.3) is 0 Å². The van der Waals surface area contributed by atoms with E-state index in [1.54, 1.807) is 36.5 Å². The monoisotopic (exact) mass is 529 g/mol. The first kappa shape index (κ1) is 28.9. The molecule has 1 amide bonds. The van der Waals surface area contributed by atoms with Crippen LogP contribution in [0.5, 0.6) is 0 Å². The van der Waals surface area contributed by atoms with Gasteiger partial charge in [-0.1, -0.05) is 18.2 Å². The van der Waals surface area contributed by atoms with E-state index < -0.39 is 20.4 Å². The van der Waals surface area contributed by atoms with E-state index in [1.165, 1.54) is 4.57 Å². The summed E-state index contributed by atoms with van der Waals surface area (Å²) in [5.74, 6) is -0.143. The van der Waals surface area contributed by atoms with E-state index in [4.69, 9.17) is 19.0 Å². The molecule has 3 rings (SSSR count). The summed E-state index contributed by atoms with van der Waals surface area (Å²) in [6, 6.07) is 12.9. The zero-order valence-corrected chi connectivity index (χ0v) is 22.8. The highest BCUT2D eigenvalue weighted by molar-refractivity contribution is 7.44. The summed E-state index contributed by atoms with van der Waals surface area (Å²) < 4.78 is 22.0. The van der Waals surface area contributed by atoms with E-state index in [0.717, 1.165) is 12.8 Å². The van der Waals surface area contributed by atoms with Crippen LogP contribution >= 0.6 is 8.53 Å². The van der Waals surface area contributed by atoms with Crippen molar-refractivity contribution in [3.63, 3.8) is 0 Å². The van der Waals surface area contributed by atoms with E-state index in [2.05, 4.69) is 48.7 Å². The van der Waals surface area contributed by atoms with Gasteiger partial charge in [0.15, 0.2) is 0 Å². The Morgan fingerprint density at radius 2 is 1.95 bits per heavy atom. The lowest BCUT2D eigenvalue weighted by Crippen LogP contribution is -2.37. The second kappa shape index (κ2) is 14.3. The van der Waals surface area contributed by atoms with E-state index in [-0.39, 0.29) is 29.9 Å². The Labute approximate surface area is 219 Å². The molecule has 0 saturated carbocycles. The maximum absolute atomic E-state index is 12.8. The Balaban J connectivity index is 1.62. The molecular weight excluding hydrogens is 493 g/mol. The van der Waals surface area contributed by atoms with Gasteiger partial charge in [0.05, 0.1) is 31.8 Å². The van der Waals surface area contributed by atoms with Gasteiger partial charge in [-0.25, -0.2) is 9.46 Å². The predicted molar refractivity (Wildman–Crippen MR) is 142 cm³/mol. The lowest BCUT2D eigenvalue weighted by atomic mass is 10.1. The number of carbonyl (C=O) groups is 1. The third-order valence-electron chi connectivity index (χ3n) is 5.78. The number of benzene rings is 1. The molecule has 200 valence electrons. The van der Waals surface area contributed by atoms with Crippen molar-refractivity contribution in [2.45, 2.75) is 77.8 Å². The van der Waals surface area contributed by atoms with Crippen molar-refractivity contribution in [1.29, 1.82) is 5.26 Å². The van der Waals surface area contributed by atoms with Crippen LogP contribution in [-0.4, -0.2) is 51.5 Å². The van der Waals surface area contributed by atoms with Crippen LogP contribution in [0.2, 0.25) is 0 Å². The standard InChI is InChI=1S/C26H36N5O5P/c1-19(2)31(20(3)4)37(34-17-9-15-27)35-18-22-12-8-13-24(36-22)30-16-14-23(29-26(30)33)28-25(32)21-10-6-5-7-11-21/h5-7,10-11,14,16,19-20,22,24H,8-9,12-13,17-18H2,1-4H3,(H,28,29,32,33)/t22?,24-,37?/m1/s1. The van der Waals surface area contributed by atoms with Gasteiger partial charge in [-0.05, 0) is 65.2 Å². The number of ether oxygens (including phenoxy) is 1. The summed E-state index contributed by atoms with van der Waals surface area (Å²) in [4.78, 5) is 29.2. The number of anilines is 1. The number of aromatic nitrogens is 2. The summed E-state index contributed by atoms with van der Waals surface area (Å²) in [5.41, 5.74) is -0.0118. The van der Waals surface area contributed by atoms with E-state index in [9.17, 15) is 9.59 Å².